The molecule has 0 unspecified atom stereocenters. The van der Waals surface area contributed by atoms with Gasteiger partial charge in [0.1, 0.15) is 5.75 Å². The van der Waals surface area contributed by atoms with Crippen LogP contribution in [0.4, 0.5) is 11.4 Å². The molecule has 1 amide bonds. The van der Waals surface area contributed by atoms with Gasteiger partial charge in [0, 0.05) is 6.20 Å². The van der Waals surface area contributed by atoms with Gasteiger partial charge < -0.3 is 19.9 Å². The molecule has 0 spiro atoms. The summed E-state index contributed by atoms with van der Waals surface area (Å²) in [4.78, 5) is 19.8. The number of hydrogen-bond acceptors (Lipinski definition) is 4. The fourth-order valence-corrected chi connectivity index (χ4v) is 3.30. The van der Waals surface area contributed by atoms with Crippen molar-refractivity contribution in [3.05, 3.63) is 47.7 Å². The Morgan fingerprint density at radius 2 is 2.04 bits per heavy atom. The van der Waals surface area contributed by atoms with Gasteiger partial charge in [-0.3, -0.25) is 4.79 Å². The Balaban J connectivity index is 1.53. The number of nitrogens with zero attached hydrogens (tertiary/aromatic N) is 2. The highest BCUT2D eigenvalue weighted by Crippen LogP contribution is 2.27. The molecule has 0 bridgehead atoms. The first-order valence-corrected chi connectivity index (χ1v) is 9.26. The van der Waals surface area contributed by atoms with Crippen LogP contribution in [0.2, 0.25) is 5.15 Å². The maximum absolute atomic E-state index is 12.3. The number of hydrogen-bond donors (Lipinski definition) is 2. The zero-order valence-electron chi connectivity index (χ0n) is 14.9. The molecule has 0 saturated carbocycles. The van der Waals surface area contributed by atoms with Gasteiger partial charge in [0.15, 0.2) is 11.7 Å². The maximum Gasteiger partial charge on any atom is 0.279 e. The largest absolute Gasteiger partial charge is 0.492 e. The van der Waals surface area contributed by atoms with Crippen LogP contribution in [-0.2, 0) is 4.79 Å². The number of piperazine rings is 1. The monoisotopic (exact) mass is 375 g/mol. The van der Waals surface area contributed by atoms with Crippen LogP contribution in [0.15, 0.2) is 42.6 Å². The van der Waals surface area contributed by atoms with E-state index in [0.717, 1.165) is 37.6 Å². The number of pyridine rings is 1. The standard InChI is InChI=1S/C19H23ClN4O2/c1-2-26-17-8-4-3-7-16(17)24-12-10-23(11-13-24)14-18(25)22-15-6-5-9-21-19(15)20/h3-9H,2,10-14H2,1H3,(H,22,25)/p+1. The molecule has 1 fully saturated rings. The predicted octanol–water partition coefficient (Wildman–Crippen LogP) is 1.48. The minimum Gasteiger partial charge on any atom is -0.492 e. The summed E-state index contributed by atoms with van der Waals surface area (Å²) >= 11 is 5.99. The first-order chi connectivity index (χ1) is 12.7. The van der Waals surface area contributed by atoms with Crippen LogP contribution < -0.4 is 19.9 Å². The van der Waals surface area contributed by atoms with E-state index in [4.69, 9.17) is 16.3 Å². The van der Waals surface area contributed by atoms with Crippen LogP contribution >= 0.6 is 11.6 Å². The van der Waals surface area contributed by atoms with Gasteiger partial charge in [-0.25, -0.2) is 4.98 Å². The number of halogens is 1. The smallest absolute Gasteiger partial charge is 0.279 e. The second kappa shape index (κ2) is 8.87. The van der Waals surface area contributed by atoms with Crippen molar-refractivity contribution in [1.82, 2.24) is 4.98 Å². The fraction of sp³-hybridized carbons (Fsp3) is 0.368. The highest BCUT2D eigenvalue weighted by atomic mass is 35.5. The average molecular weight is 376 g/mol. The van der Waals surface area contributed by atoms with Crippen LogP contribution in [-0.4, -0.2) is 50.2 Å². The number of carbonyl (C=O) groups is 1. The van der Waals surface area contributed by atoms with Crippen LogP contribution in [0.5, 0.6) is 5.75 Å². The molecular weight excluding hydrogens is 352 g/mol. The van der Waals surface area contributed by atoms with Crippen molar-refractivity contribution in [3.63, 3.8) is 0 Å². The molecule has 1 saturated heterocycles. The summed E-state index contributed by atoms with van der Waals surface area (Å²) in [6, 6.07) is 11.6. The number of para-hydroxylation sites is 2. The quantitative estimate of drug-likeness (QED) is 0.751. The number of benzene rings is 1. The second-order valence-electron chi connectivity index (χ2n) is 6.20. The van der Waals surface area contributed by atoms with E-state index in [-0.39, 0.29) is 5.91 Å². The molecule has 1 aliphatic heterocycles. The second-order valence-corrected chi connectivity index (χ2v) is 6.56. The lowest BCUT2D eigenvalue weighted by molar-refractivity contribution is -0.892. The minimum absolute atomic E-state index is 0.0435. The number of carbonyl (C=O) groups excluding carboxylic acids is 1. The summed E-state index contributed by atoms with van der Waals surface area (Å²) in [6.45, 7) is 6.64. The van der Waals surface area contributed by atoms with Crippen molar-refractivity contribution in [3.8, 4) is 5.75 Å². The van der Waals surface area contributed by atoms with E-state index in [2.05, 4.69) is 21.3 Å². The van der Waals surface area contributed by atoms with E-state index in [0.29, 0.717) is 24.0 Å². The lowest BCUT2D eigenvalue weighted by Crippen LogP contribution is -3.15. The van der Waals surface area contributed by atoms with Crippen LogP contribution in [0.3, 0.4) is 0 Å². The SMILES string of the molecule is CCOc1ccccc1N1CC[NH+](CC(=O)Nc2cccnc2Cl)CC1. The van der Waals surface area contributed by atoms with Gasteiger partial charge in [0.2, 0.25) is 0 Å². The van der Waals surface area contributed by atoms with Gasteiger partial charge in [0.05, 0.1) is 44.2 Å². The van der Waals surface area contributed by atoms with E-state index in [9.17, 15) is 4.79 Å². The number of nitrogens with one attached hydrogen (secondary N) is 2. The van der Waals surface area contributed by atoms with Crippen molar-refractivity contribution in [1.29, 1.82) is 0 Å². The van der Waals surface area contributed by atoms with Gasteiger partial charge in [-0.15, -0.1) is 0 Å². The zero-order valence-corrected chi connectivity index (χ0v) is 15.6. The molecule has 0 atom stereocenters. The van der Waals surface area contributed by atoms with Crippen molar-refractivity contribution in [2.75, 3.05) is 49.5 Å². The number of amides is 1. The van der Waals surface area contributed by atoms with Crippen molar-refractivity contribution < 1.29 is 14.4 Å². The summed E-state index contributed by atoms with van der Waals surface area (Å²) in [5.41, 5.74) is 1.68. The van der Waals surface area contributed by atoms with E-state index < -0.39 is 0 Å². The van der Waals surface area contributed by atoms with Gasteiger partial charge in [-0.05, 0) is 31.2 Å². The average Bonchev–Trinajstić information content (AvgIpc) is 2.65. The summed E-state index contributed by atoms with van der Waals surface area (Å²) in [5.74, 6) is 0.875. The normalized spacial score (nSPS) is 14.9. The first-order valence-electron chi connectivity index (χ1n) is 8.88. The molecule has 1 aromatic carbocycles. The first kappa shape index (κ1) is 18.5. The topological polar surface area (TPSA) is 58.9 Å². The summed E-state index contributed by atoms with van der Waals surface area (Å²) in [6.07, 6.45) is 1.60. The Kier molecular flexibility index (Phi) is 6.30. The lowest BCUT2D eigenvalue weighted by Gasteiger charge is -2.34. The molecule has 0 aliphatic carbocycles. The Morgan fingerprint density at radius 3 is 2.77 bits per heavy atom. The molecule has 2 N–H and O–H groups in total. The van der Waals surface area contributed by atoms with Crippen LogP contribution in [0.1, 0.15) is 6.92 Å². The Bertz CT molecular complexity index is 748. The Labute approximate surface area is 158 Å². The van der Waals surface area contributed by atoms with Gasteiger partial charge in [-0.1, -0.05) is 23.7 Å². The number of quaternary nitrogens is 1. The minimum atomic E-state index is -0.0435. The van der Waals surface area contributed by atoms with E-state index >= 15 is 0 Å². The van der Waals surface area contributed by atoms with Crippen LogP contribution in [0, 0.1) is 0 Å². The summed E-state index contributed by atoms with van der Waals surface area (Å²) < 4.78 is 5.73. The van der Waals surface area contributed by atoms with Gasteiger partial charge in [0.25, 0.3) is 5.91 Å². The molecule has 138 valence electrons. The molecule has 1 aromatic heterocycles. The molecule has 0 radical (unpaired) electrons. The predicted molar refractivity (Wildman–Crippen MR) is 103 cm³/mol. The number of rotatable bonds is 6. The number of aromatic nitrogens is 1. The molecule has 7 heteroatoms. The highest BCUT2D eigenvalue weighted by Gasteiger charge is 2.24. The molecule has 3 rings (SSSR count). The third-order valence-corrected chi connectivity index (χ3v) is 4.72. The molecular formula is C19H24ClN4O2+. The maximum atomic E-state index is 12.3. The highest BCUT2D eigenvalue weighted by molar-refractivity contribution is 6.32. The van der Waals surface area contributed by atoms with E-state index in [1.807, 2.05) is 25.1 Å². The van der Waals surface area contributed by atoms with Crippen molar-refractivity contribution in [2.45, 2.75) is 6.92 Å². The molecule has 26 heavy (non-hydrogen) atoms. The third kappa shape index (κ3) is 4.65. The zero-order chi connectivity index (χ0) is 18.4. The van der Waals surface area contributed by atoms with E-state index in [1.165, 1.54) is 4.90 Å². The third-order valence-electron chi connectivity index (χ3n) is 4.42. The van der Waals surface area contributed by atoms with Gasteiger partial charge >= 0.3 is 0 Å². The summed E-state index contributed by atoms with van der Waals surface area (Å²) in [5, 5.41) is 3.15. The lowest BCUT2D eigenvalue weighted by atomic mass is 10.2. The molecule has 2 aromatic rings. The van der Waals surface area contributed by atoms with Crippen LogP contribution in [0.25, 0.3) is 0 Å². The Morgan fingerprint density at radius 1 is 1.27 bits per heavy atom. The summed E-state index contributed by atoms with van der Waals surface area (Å²) in [7, 11) is 0. The van der Waals surface area contributed by atoms with Crippen molar-refractivity contribution in [2.24, 2.45) is 0 Å². The number of anilines is 2. The Hall–Kier alpha value is -2.31. The van der Waals surface area contributed by atoms with Gasteiger partial charge in [-0.2, -0.15) is 0 Å². The molecule has 2 heterocycles. The molecule has 6 nitrogen and oxygen atoms in total. The fourth-order valence-electron chi connectivity index (χ4n) is 3.14. The van der Waals surface area contributed by atoms with E-state index in [1.54, 1.807) is 18.3 Å². The van der Waals surface area contributed by atoms with Crippen molar-refractivity contribution >= 4 is 28.9 Å². The number of ether oxygens (including phenoxy) is 1. The molecule has 1 aliphatic rings.